The van der Waals surface area contributed by atoms with E-state index >= 15 is 0 Å². The van der Waals surface area contributed by atoms with Crippen LogP contribution in [0.5, 0.6) is 0 Å². The summed E-state index contributed by atoms with van der Waals surface area (Å²) in [6.45, 7) is 8.30. The number of hydrogen-bond acceptors (Lipinski definition) is 5. The Labute approximate surface area is 124 Å². The van der Waals surface area contributed by atoms with Crippen molar-refractivity contribution >= 4 is 11.3 Å². The first-order valence-electron chi connectivity index (χ1n) is 7.22. The number of nitrogens with one attached hydrogen (secondary N) is 1. The van der Waals surface area contributed by atoms with Gasteiger partial charge in [0.05, 0.1) is 5.69 Å². The average molecular weight is 290 g/mol. The molecule has 0 aliphatic heterocycles. The number of thiazole rings is 1. The minimum Gasteiger partial charge on any atom is -0.312 e. The Morgan fingerprint density at radius 2 is 1.90 bits per heavy atom. The van der Waals surface area contributed by atoms with Crippen LogP contribution in [0.25, 0.3) is 10.8 Å². The molecule has 0 bridgehead atoms. The van der Waals surface area contributed by atoms with Crippen LogP contribution in [0.15, 0.2) is 12.4 Å². The van der Waals surface area contributed by atoms with E-state index in [9.17, 15) is 0 Å². The predicted octanol–water partition coefficient (Wildman–Crippen LogP) is 3.36. The third-order valence-electron chi connectivity index (χ3n) is 2.95. The van der Waals surface area contributed by atoms with E-state index in [1.54, 1.807) is 11.3 Å². The van der Waals surface area contributed by atoms with Crippen LogP contribution in [0.4, 0.5) is 0 Å². The van der Waals surface area contributed by atoms with E-state index in [0.29, 0.717) is 0 Å². The second-order valence-electron chi connectivity index (χ2n) is 4.90. The summed E-state index contributed by atoms with van der Waals surface area (Å²) in [5.74, 6) is 0.736. The first kappa shape index (κ1) is 15.1. The lowest BCUT2D eigenvalue weighted by Crippen LogP contribution is -2.13. The lowest BCUT2D eigenvalue weighted by molar-refractivity contribution is 0.674. The Morgan fingerprint density at radius 1 is 1.15 bits per heavy atom. The van der Waals surface area contributed by atoms with Gasteiger partial charge in [0.25, 0.3) is 0 Å². The van der Waals surface area contributed by atoms with E-state index in [0.717, 1.165) is 48.7 Å². The second-order valence-corrected chi connectivity index (χ2v) is 5.98. The van der Waals surface area contributed by atoms with Crippen molar-refractivity contribution in [1.29, 1.82) is 0 Å². The Morgan fingerprint density at radius 3 is 2.55 bits per heavy atom. The summed E-state index contributed by atoms with van der Waals surface area (Å²) in [5, 5.41) is 4.39. The van der Waals surface area contributed by atoms with Gasteiger partial charge in [0.1, 0.15) is 0 Å². The summed E-state index contributed by atoms with van der Waals surface area (Å²) in [5.41, 5.74) is 2.27. The van der Waals surface area contributed by atoms with E-state index in [1.807, 2.05) is 19.3 Å². The van der Waals surface area contributed by atoms with E-state index < -0.39 is 0 Å². The van der Waals surface area contributed by atoms with Gasteiger partial charge < -0.3 is 5.32 Å². The maximum absolute atomic E-state index is 4.73. The van der Waals surface area contributed by atoms with Crippen LogP contribution in [-0.4, -0.2) is 21.5 Å². The van der Waals surface area contributed by atoms with Crippen LogP contribution in [0.3, 0.4) is 0 Å². The largest absolute Gasteiger partial charge is 0.312 e. The number of aryl methyl sites for hydroxylation is 2. The molecular weight excluding hydrogens is 268 g/mol. The molecule has 0 saturated heterocycles. The fraction of sp³-hybridized carbons (Fsp3) is 0.533. The first-order valence-corrected chi connectivity index (χ1v) is 8.04. The van der Waals surface area contributed by atoms with Crippen molar-refractivity contribution in [3.05, 3.63) is 28.5 Å². The molecule has 0 radical (unpaired) electrons. The molecule has 4 nitrogen and oxygen atoms in total. The van der Waals surface area contributed by atoms with E-state index in [2.05, 4.69) is 29.1 Å². The molecule has 0 amide bonds. The normalized spacial score (nSPS) is 10.9. The molecule has 108 valence electrons. The van der Waals surface area contributed by atoms with Gasteiger partial charge in [0.15, 0.2) is 10.8 Å². The molecule has 20 heavy (non-hydrogen) atoms. The topological polar surface area (TPSA) is 50.7 Å². The van der Waals surface area contributed by atoms with Gasteiger partial charge in [0.2, 0.25) is 0 Å². The van der Waals surface area contributed by atoms with Gasteiger partial charge in [-0.15, -0.1) is 11.3 Å². The molecule has 0 fully saturated rings. The first-order chi connectivity index (χ1) is 9.74. The zero-order valence-corrected chi connectivity index (χ0v) is 13.3. The van der Waals surface area contributed by atoms with Crippen LogP contribution < -0.4 is 5.32 Å². The van der Waals surface area contributed by atoms with Gasteiger partial charge in [-0.25, -0.2) is 15.0 Å². The number of rotatable bonds is 7. The standard InChI is InChI=1S/C15H22N4S/c1-4-6-12-13(10-16-7-5-2)20-15(19-12)14-17-8-11(3)9-18-14/h8-9,16H,4-7,10H2,1-3H3. The molecule has 0 unspecified atom stereocenters. The highest BCUT2D eigenvalue weighted by Gasteiger charge is 2.13. The lowest BCUT2D eigenvalue weighted by Gasteiger charge is -2.02. The molecule has 0 aliphatic carbocycles. The molecule has 2 aromatic heterocycles. The smallest absolute Gasteiger partial charge is 0.188 e. The Balaban J connectivity index is 2.21. The molecule has 0 saturated carbocycles. The fourth-order valence-corrected chi connectivity index (χ4v) is 2.96. The average Bonchev–Trinajstić information content (AvgIpc) is 2.84. The van der Waals surface area contributed by atoms with E-state index in [1.165, 1.54) is 10.6 Å². The van der Waals surface area contributed by atoms with Crippen molar-refractivity contribution < 1.29 is 0 Å². The van der Waals surface area contributed by atoms with Crippen molar-refractivity contribution in [2.45, 2.75) is 46.6 Å². The zero-order valence-electron chi connectivity index (χ0n) is 12.4. The second kappa shape index (κ2) is 7.45. The summed E-state index contributed by atoms with van der Waals surface area (Å²) in [6.07, 6.45) is 6.97. The molecule has 2 aromatic rings. The van der Waals surface area contributed by atoms with Crippen molar-refractivity contribution in [3.63, 3.8) is 0 Å². The summed E-state index contributed by atoms with van der Waals surface area (Å²) < 4.78 is 0. The predicted molar refractivity (Wildman–Crippen MR) is 83.9 cm³/mol. The van der Waals surface area contributed by atoms with Crippen molar-refractivity contribution in [2.75, 3.05) is 6.54 Å². The molecule has 2 heterocycles. The minimum atomic E-state index is 0.736. The highest BCUT2D eigenvalue weighted by molar-refractivity contribution is 7.15. The third kappa shape index (κ3) is 3.84. The van der Waals surface area contributed by atoms with Crippen molar-refractivity contribution in [1.82, 2.24) is 20.3 Å². The van der Waals surface area contributed by atoms with Crippen LogP contribution in [0, 0.1) is 6.92 Å². The van der Waals surface area contributed by atoms with Gasteiger partial charge in [0, 0.05) is 23.8 Å². The Kier molecular flexibility index (Phi) is 5.61. The van der Waals surface area contributed by atoms with Gasteiger partial charge in [-0.2, -0.15) is 0 Å². The summed E-state index contributed by atoms with van der Waals surface area (Å²) in [6, 6.07) is 0. The van der Waals surface area contributed by atoms with Crippen LogP contribution in [-0.2, 0) is 13.0 Å². The number of aromatic nitrogens is 3. The highest BCUT2D eigenvalue weighted by atomic mass is 32.1. The SMILES string of the molecule is CCCNCc1sc(-c2ncc(C)cn2)nc1CCC. The fourth-order valence-electron chi connectivity index (χ4n) is 1.93. The Bertz CT molecular complexity index is 533. The molecule has 5 heteroatoms. The molecule has 0 aromatic carbocycles. The van der Waals surface area contributed by atoms with Gasteiger partial charge in [-0.1, -0.05) is 20.3 Å². The molecule has 1 N–H and O–H groups in total. The maximum Gasteiger partial charge on any atom is 0.188 e. The Hall–Kier alpha value is -1.33. The number of hydrogen-bond donors (Lipinski definition) is 1. The minimum absolute atomic E-state index is 0.736. The molecular formula is C15H22N4S. The van der Waals surface area contributed by atoms with Crippen LogP contribution >= 0.6 is 11.3 Å². The van der Waals surface area contributed by atoms with Gasteiger partial charge >= 0.3 is 0 Å². The number of nitrogens with zero attached hydrogens (tertiary/aromatic N) is 3. The van der Waals surface area contributed by atoms with Gasteiger partial charge in [-0.05, 0) is 31.9 Å². The summed E-state index contributed by atoms with van der Waals surface area (Å²) in [7, 11) is 0. The quantitative estimate of drug-likeness (QED) is 0.794. The molecule has 0 atom stereocenters. The van der Waals surface area contributed by atoms with Crippen LogP contribution in [0.2, 0.25) is 0 Å². The highest BCUT2D eigenvalue weighted by Crippen LogP contribution is 2.26. The van der Waals surface area contributed by atoms with Gasteiger partial charge in [-0.3, -0.25) is 0 Å². The summed E-state index contributed by atoms with van der Waals surface area (Å²) in [4.78, 5) is 14.8. The van der Waals surface area contributed by atoms with E-state index in [4.69, 9.17) is 4.98 Å². The monoisotopic (exact) mass is 290 g/mol. The molecule has 0 aliphatic rings. The van der Waals surface area contributed by atoms with E-state index in [-0.39, 0.29) is 0 Å². The molecule has 0 spiro atoms. The van der Waals surface area contributed by atoms with Crippen molar-refractivity contribution in [2.24, 2.45) is 0 Å². The van der Waals surface area contributed by atoms with Crippen LogP contribution in [0.1, 0.15) is 42.8 Å². The van der Waals surface area contributed by atoms with Crippen molar-refractivity contribution in [3.8, 4) is 10.8 Å². The summed E-state index contributed by atoms with van der Waals surface area (Å²) >= 11 is 1.71. The maximum atomic E-state index is 4.73. The molecule has 2 rings (SSSR count). The zero-order chi connectivity index (χ0) is 14.4. The third-order valence-corrected chi connectivity index (χ3v) is 4.04. The lowest BCUT2D eigenvalue weighted by atomic mass is 10.2.